The first kappa shape index (κ1) is 19.8. The summed E-state index contributed by atoms with van der Waals surface area (Å²) in [6.07, 6.45) is 0.940. The van der Waals surface area contributed by atoms with Crippen molar-refractivity contribution in [1.82, 2.24) is 9.62 Å². The normalized spacial score (nSPS) is 17.0. The van der Waals surface area contributed by atoms with Gasteiger partial charge in [0.2, 0.25) is 10.0 Å². The molecular formula is C17H27FN3O3S+. The van der Waals surface area contributed by atoms with Crippen molar-refractivity contribution in [2.24, 2.45) is 5.92 Å². The number of piperazine rings is 1. The molecule has 0 spiro atoms. The predicted octanol–water partition coefficient (Wildman–Crippen LogP) is -0.123. The summed E-state index contributed by atoms with van der Waals surface area (Å²) in [5.74, 6) is -0.206. The van der Waals surface area contributed by atoms with Gasteiger partial charge in [0, 0.05) is 6.54 Å². The molecule has 0 radical (unpaired) electrons. The van der Waals surface area contributed by atoms with Crippen LogP contribution in [0.25, 0.3) is 0 Å². The van der Waals surface area contributed by atoms with Crippen LogP contribution >= 0.6 is 0 Å². The number of amides is 1. The molecule has 1 heterocycles. The van der Waals surface area contributed by atoms with Gasteiger partial charge in [-0.25, -0.2) is 12.8 Å². The van der Waals surface area contributed by atoms with Crippen molar-refractivity contribution in [2.75, 3.05) is 39.3 Å². The van der Waals surface area contributed by atoms with Gasteiger partial charge in [-0.05, 0) is 24.5 Å². The lowest BCUT2D eigenvalue weighted by Gasteiger charge is -2.31. The molecular weight excluding hydrogens is 345 g/mol. The second-order valence-electron chi connectivity index (χ2n) is 6.79. The number of nitrogens with zero attached hydrogens (tertiary/aromatic N) is 1. The smallest absolute Gasteiger partial charge is 0.275 e. The molecule has 2 rings (SSSR count). The Morgan fingerprint density at radius 3 is 2.52 bits per heavy atom. The molecule has 8 heteroatoms. The first-order valence-corrected chi connectivity index (χ1v) is 10.1. The fourth-order valence-corrected chi connectivity index (χ4v) is 4.31. The second-order valence-corrected chi connectivity index (χ2v) is 8.70. The minimum Gasteiger partial charge on any atom is -0.351 e. The van der Waals surface area contributed by atoms with Gasteiger partial charge in [-0.3, -0.25) is 4.79 Å². The first-order chi connectivity index (χ1) is 11.8. The summed E-state index contributed by atoms with van der Waals surface area (Å²) >= 11 is 0. The number of hydrogen-bond donors (Lipinski definition) is 2. The van der Waals surface area contributed by atoms with E-state index in [2.05, 4.69) is 19.2 Å². The number of sulfonamides is 1. The zero-order valence-electron chi connectivity index (χ0n) is 14.8. The Hall–Kier alpha value is -1.51. The topological polar surface area (TPSA) is 70.9 Å². The third kappa shape index (κ3) is 5.49. The third-order valence-corrected chi connectivity index (χ3v) is 6.27. The van der Waals surface area contributed by atoms with Crippen molar-refractivity contribution in [3.05, 3.63) is 30.1 Å². The zero-order valence-corrected chi connectivity index (χ0v) is 15.6. The lowest BCUT2D eigenvalue weighted by atomic mass is 10.1. The van der Waals surface area contributed by atoms with E-state index in [0.29, 0.717) is 32.1 Å². The highest BCUT2D eigenvalue weighted by atomic mass is 32.2. The predicted molar refractivity (Wildman–Crippen MR) is 93.2 cm³/mol. The Balaban J connectivity index is 1.85. The molecule has 0 atom stereocenters. The fourth-order valence-electron chi connectivity index (χ4n) is 2.80. The van der Waals surface area contributed by atoms with E-state index >= 15 is 0 Å². The van der Waals surface area contributed by atoms with E-state index in [0.717, 1.165) is 17.4 Å². The number of hydrogen-bond acceptors (Lipinski definition) is 3. The highest BCUT2D eigenvalue weighted by molar-refractivity contribution is 7.89. The van der Waals surface area contributed by atoms with E-state index in [4.69, 9.17) is 0 Å². The monoisotopic (exact) mass is 372 g/mol. The zero-order chi connectivity index (χ0) is 18.4. The molecule has 6 nitrogen and oxygen atoms in total. The number of nitrogens with one attached hydrogen (secondary N) is 2. The summed E-state index contributed by atoms with van der Waals surface area (Å²) < 4.78 is 40.2. The van der Waals surface area contributed by atoms with Crippen molar-refractivity contribution in [2.45, 2.75) is 25.2 Å². The van der Waals surface area contributed by atoms with Gasteiger partial charge in [0.25, 0.3) is 5.91 Å². The van der Waals surface area contributed by atoms with E-state index in [1.165, 1.54) is 22.5 Å². The molecule has 0 aliphatic carbocycles. The SMILES string of the molecule is CC(C)CCNC(=O)C[NH+]1CCN(S(=O)(=O)c2ccccc2F)CC1. The first-order valence-electron chi connectivity index (χ1n) is 8.65. The molecule has 140 valence electrons. The maximum atomic E-state index is 13.8. The molecule has 1 saturated heterocycles. The van der Waals surface area contributed by atoms with Crippen LogP contribution in [-0.2, 0) is 14.8 Å². The molecule has 1 aromatic carbocycles. The Kier molecular flexibility index (Phi) is 6.92. The van der Waals surface area contributed by atoms with Crippen LogP contribution in [0.1, 0.15) is 20.3 Å². The van der Waals surface area contributed by atoms with Crippen LogP contribution in [-0.4, -0.2) is 57.9 Å². The summed E-state index contributed by atoms with van der Waals surface area (Å²) in [5.41, 5.74) is 0. The molecule has 25 heavy (non-hydrogen) atoms. The van der Waals surface area contributed by atoms with Crippen molar-refractivity contribution in [3.8, 4) is 0 Å². The largest absolute Gasteiger partial charge is 0.351 e. The van der Waals surface area contributed by atoms with E-state index in [-0.39, 0.29) is 23.9 Å². The Morgan fingerprint density at radius 2 is 1.92 bits per heavy atom. The lowest BCUT2D eigenvalue weighted by Crippen LogP contribution is -3.15. The minimum atomic E-state index is -3.82. The molecule has 2 N–H and O–H groups in total. The van der Waals surface area contributed by atoms with Crippen LogP contribution in [0.15, 0.2) is 29.2 Å². The maximum absolute atomic E-state index is 13.8. The van der Waals surface area contributed by atoms with Gasteiger partial charge in [-0.1, -0.05) is 26.0 Å². The molecule has 0 aromatic heterocycles. The molecule has 1 amide bonds. The van der Waals surface area contributed by atoms with Crippen molar-refractivity contribution >= 4 is 15.9 Å². The lowest BCUT2D eigenvalue weighted by molar-refractivity contribution is -0.895. The Labute approximate surface area is 149 Å². The summed E-state index contributed by atoms with van der Waals surface area (Å²) in [5, 5.41) is 2.89. The number of carbonyl (C=O) groups is 1. The third-order valence-electron chi connectivity index (χ3n) is 4.34. The number of carbonyl (C=O) groups excluding carboxylic acids is 1. The number of halogens is 1. The molecule has 0 saturated carbocycles. The van der Waals surface area contributed by atoms with Crippen molar-refractivity contribution in [3.63, 3.8) is 0 Å². The van der Waals surface area contributed by atoms with Crippen LogP contribution in [0, 0.1) is 11.7 Å². The van der Waals surface area contributed by atoms with Crippen molar-refractivity contribution < 1.29 is 22.5 Å². The van der Waals surface area contributed by atoms with E-state index < -0.39 is 15.8 Å². The Bertz CT molecular complexity index is 686. The molecule has 0 bridgehead atoms. The summed E-state index contributed by atoms with van der Waals surface area (Å²) in [6.45, 7) is 6.84. The molecule has 0 unspecified atom stereocenters. The van der Waals surface area contributed by atoms with Crippen LogP contribution in [0.4, 0.5) is 4.39 Å². The molecule has 1 aromatic rings. The Morgan fingerprint density at radius 1 is 1.28 bits per heavy atom. The molecule has 1 aliphatic heterocycles. The van der Waals surface area contributed by atoms with E-state index in [1.807, 2.05) is 0 Å². The molecule has 1 fully saturated rings. The van der Waals surface area contributed by atoms with Gasteiger partial charge < -0.3 is 10.2 Å². The summed E-state index contributed by atoms with van der Waals surface area (Å²) in [6, 6.07) is 5.41. The average Bonchev–Trinajstić information content (AvgIpc) is 2.55. The van der Waals surface area contributed by atoms with Crippen LogP contribution in [0.5, 0.6) is 0 Å². The highest BCUT2D eigenvalue weighted by Crippen LogP contribution is 2.18. The van der Waals surface area contributed by atoms with Gasteiger partial charge in [0.1, 0.15) is 10.7 Å². The molecule has 1 aliphatic rings. The van der Waals surface area contributed by atoms with Gasteiger partial charge >= 0.3 is 0 Å². The van der Waals surface area contributed by atoms with Crippen LogP contribution < -0.4 is 10.2 Å². The average molecular weight is 372 g/mol. The van der Waals surface area contributed by atoms with Gasteiger partial charge in [0.15, 0.2) is 6.54 Å². The number of benzene rings is 1. The van der Waals surface area contributed by atoms with E-state index in [1.54, 1.807) is 0 Å². The van der Waals surface area contributed by atoms with Gasteiger partial charge in [-0.2, -0.15) is 4.31 Å². The van der Waals surface area contributed by atoms with Crippen LogP contribution in [0.2, 0.25) is 0 Å². The number of rotatable bonds is 7. The van der Waals surface area contributed by atoms with E-state index in [9.17, 15) is 17.6 Å². The fraction of sp³-hybridized carbons (Fsp3) is 0.588. The second kappa shape index (κ2) is 8.73. The summed E-state index contributed by atoms with van der Waals surface area (Å²) in [4.78, 5) is 12.7. The number of quaternary nitrogens is 1. The standard InChI is InChI=1S/C17H26FN3O3S/c1-14(2)7-8-19-17(22)13-20-9-11-21(12-10-20)25(23,24)16-6-4-3-5-15(16)18/h3-6,14H,7-13H2,1-2H3,(H,19,22)/p+1. The summed E-state index contributed by atoms with van der Waals surface area (Å²) in [7, 11) is -3.82. The highest BCUT2D eigenvalue weighted by Gasteiger charge is 2.32. The minimum absolute atomic E-state index is 0.0129. The van der Waals surface area contributed by atoms with Gasteiger partial charge in [0.05, 0.1) is 26.2 Å². The quantitative estimate of drug-likeness (QED) is 0.701. The maximum Gasteiger partial charge on any atom is 0.275 e. The van der Waals surface area contributed by atoms with Crippen molar-refractivity contribution in [1.29, 1.82) is 0 Å². The van der Waals surface area contributed by atoms with Gasteiger partial charge in [-0.15, -0.1) is 0 Å². The van der Waals surface area contributed by atoms with Crippen LogP contribution in [0.3, 0.4) is 0 Å².